The van der Waals surface area contributed by atoms with Gasteiger partial charge in [-0.05, 0) is 18.2 Å². The van der Waals surface area contributed by atoms with E-state index in [1.54, 1.807) is 0 Å². The predicted octanol–water partition coefficient (Wildman–Crippen LogP) is -0.286. The van der Waals surface area contributed by atoms with Gasteiger partial charge in [0.1, 0.15) is 12.4 Å². The lowest BCUT2D eigenvalue weighted by molar-refractivity contribution is -0.122. The number of phenolic OH excluding ortho intramolecular Hbond substituents is 1. The molecule has 0 unspecified atom stereocenters. The quantitative estimate of drug-likeness (QED) is 0.344. The van der Waals surface area contributed by atoms with Crippen LogP contribution in [0.5, 0.6) is 5.75 Å². The van der Waals surface area contributed by atoms with Crippen LogP contribution in [0.1, 0.15) is 10.4 Å². The van der Waals surface area contributed by atoms with E-state index in [0.717, 1.165) is 6.07 Å². The number of hydrogen-bond acceptors (Lipinski definition) is 5. The van der Waals surface area contributed by atoms with Crippen LogP contribution in [-0.2, 0) is 9.53 Å². The summed E-state index contributed by atoms with van der Waals surface area (Å²) >= 11 is 0. The fourth-order valence-corrected chi connectivity index (χ4v) is 1.35. The lowest BCUT2D eigenvalue weighted by atomic mass is 10.2. The summed E-state index contributed by atoms with van der Waals surface area (Å²) < 4.78 is 4.83. The van der Waals surface area contributed by atoms with E-state index in [2.05, 4.69) is 10.6 Å². The Balaban J connectivity index is 2.41. The Bertz CT molecular complexity index is 546. The molecule has 0 saturated carbocycles. The van der Waals surface area contributed by atoms with Gasteiger partial charge in [-0.2, -0.15) is 0 Å². The van der Waals surface area contributed by atoms with Crippen molar-refractivity contribution in [3.63, 3.8) is 0 Å². The minimum Gasteiger partial charge on any atom is -0.506 e. The van der Waals surface area contributed by atoms with Crippen molar-refractivity contribution in [3.05, 3.63) is 23.8 Å². The summed E-state index contributed by atoms with van der Waals surface area (Å²) in [6.45, 7) is -0.00584. The highest BCUT2D eigenvalue weighted by Gasteiger charge is 2.09. The average molecular weight is 297 g/mol. The summed E-state index contributed by atoms with van der Waals surface area (Å²) in [7, 11) is 0. The Labute approximate surface area is 119 Å². The van der Waals surface area contributed by atoms with E-state index in [1.807, 2.05) is 0 Å². The predicted molar refractivity (Wildman–Crippen MR) is 72.1 cm³/mol. The highest BCUT2D eigenvalue weighted by atomic mass is 16.5. The molecule has 1 rings (SSSR count). The van der Waals surface area contributed by atoms with E-state index < -0.39 is 17.9 Å². The summed E-state index contributed by atoms with van der Waals surface area (Å²) in [5.41, 5.74) is 4.82. The van der Waals surface area contributed by atoms with Gasteiger partial charge in [0.15, 0.2) is 0 Å². The summed E-state index contributed by atoms with van der Waals surface area (Å²) in [6.07, 6.45) is 0. The molecule has 6 N–H and O–H groups in total. The number of carboxylic acid groups (broad SMARTS) is 1. The van der Waals surface area contributed by atoms with Gasteiger partial charge in [0, 0.05) is 6.54 Å². The molecule has 0 spiro atoms. The third kappa shape index (κ3) is 5.78. The molecule has 3 amide bonds. The zero-order valence-electron chi connectivity index (χ0n) is 11.0. The molecule has 0 aliphatic heterocycles. The van der Waals surface area contributed by atoms with Gasteiger partial charge in [0.2, 0.25) is 5.91 Å². The van der Waals surface area contributed by atoms with Crippen LogP contribution in [0, 0.1) is 0 Å². The lowest BCUT2D eigenvalue weighted by Gasteiger charge is -2.09. The number of aromatic hydroxyl groups is 1. The highest BCUT2D eigenvalue weighted by Crippen LogP contribution is 2.24. The van der Waals surface area contributed by atoms with Crippen molar-refractivity contribution in [2.45, 2.75) is 0 Å². The van der Waals surface area contributed by atoms with Gasteiger partial charge in [-0.15, -0.1) is 0 Å². The number of rotatable bonds is 7. The van der Waals surface area contributed by atoms with E-state index in [1.165, 1.54) is 12.1 Å². The Hall–Kier alpha value is -2.81. The maximum absolute atomic E-state index is 11.5. The number of urea groups is 1. The van der Waals surface area contributed by atoms with Gasteiger partial charge >= 0.3 is 12.0 Å². The number of amides is 3. The van der Waals surface area contributed by atoms with Gasteiger partial charge in [0.25, 0.3) is 0 Å². The number of carbonyl (C=O) groups is 3. The van der Waals surface area contributed by atoms with Crippen molar-refractivity contribution in [1.82, 2.24) is 5.32 Å². The maximum Gasteiger partial charge on any atom is 0.335 e. The largest absolute Gasteiger partial charge is 0.506 e. The van der Waals surface area contributed by atoms with Crippen molar-refractivity contribution in [2.75, 3.05) is 25.1 Å². The van der Waals surface area contributed by atoms with Crippen molar-refractivity contribution in [2.24, 2.45) is 5.73 Å². The number of benzene rings is 1. The fraction of sp³-hybridized carbons (Fsp3) is 0.250. The average Bonchev–Trinajstić information content (AvgIpc) is 2.40. The smallest absolute Gasteiger partial charge is 0.335 e. The first kappa shape index (κ1) is 16.2. The van der Waals surface area contributed by atoms with Crippen molar-refractivity contribution >= 4 is 23.6 Å². The summed E-state index contributed by atoms with van der Waals surface area (Å²) in [4.78, 5) is 32.5. The molecular weight excluding hydrogens is 282 g/mol. The molecular formula is C12H15N3O6. The van der Waals surface area contributed by atoms with Gasteiger partial charge in [-0.1, -0.05) is 0 Å². The van der Waals surface area contributed by atoms with Crippen molar-refractivity contribution in [1.29, 1.82) is 0 Å². The van der Waals surface area contributed by atoms with E-state index >= 15 is 0 Å². The van der Waals surface area contributed by atoms with E-state index in [0.29, 0.717) is 0 Å². The zero-order valence-corrected chi connectivity index (χ0v) is 11.0. The number of phenols is 1. The third-order valence-electron chi connectivity index (χ3n) is 2.27. The second-order valence-electron chi connectivity index (χ2n) is 3.94. The molecule has 0 saturated heterocycles. The van der Waals surface area contributed by atoms with E-state index in [4.69, 9.17) is 15.6 Å². The number of nitrogens with one attached hydrogen (secondary N) is 2. The molecule has 0 heterocycles. The number of carbonyl (C=O) groups excluding carboxylic acids is 2. The molecule has 0 radical (unpaired) electrons. The Morgan fingerprint density at radius 1 is 1.29 bits per heavy atom. The minimum atomic E-state index is -1.19. The molecule has 9 heteroatoms. The highest BCUT2D eigenvalue weighted by molar-refractivity contribution is 5.93. The topological polar surface area (TPSA) is 151 Å². The number of hydrogen-bond donors (Lipinski definition) is 5. The SMILES string of the molecule is NC(=O)COCCNC(=O)Nc1ccc(C(=O)O)cc1O. The summed E-state index contributed by atoms with van der Waals surface area (Å²) in [5, 5.41) is 23.1. The van der Waals surface area contributed by atoms with Crippen molar-refractivity contribution < 1.29 is 29.3 Å². The standard InChI is InChI=1S/C12H15N3O6/c13-10(17)6-21-4-3-14-12(20)15-8-2-1-7(11(18)19)5-9(8)16/h1-2,5,16H,3-4,6H2,(H2,13,17)(H,18,19)(H2,14,15,20). The number of anilines is 1. The van der Waals surface area contributed by atoms with Gasteiger partial charge in [-0.3, -0.25) is 4.79 Å². The molecule has 0 aliphatic rings. The van der Waals surface area contributed by atoms with Gasteiger partial charge in [-0.25, -0.2) is 9.59 Å². The first-order valence-electron chi connectivity index (χ1n) is 5.87. The Morgan fingerprint density at radius 3 is 2.57 bits per heavy atom. The van der Waals surface area contributed by atoms with E-state index in [9.17, 15) is 19.5 Å². The molecule has 9 nitrogen and oxygen atoms in total. The lowest BCUT2D eigenvalue weighted by Crippen LogP contribution is -2.32. The van der Waals surface area contributed by atoms with Crippen LogP contribution >= 0.6 is 0 Å². The van der Waals surface area contributed by atoms with Gasteiger partial charge in [0.05, 0.1) is 17.9 Å². The van der Waals surface area contributed by atoms with E-state index in [-0.39, 0.29) is 36.8 Å². The molecule has 0 bridgehead atoms. The number of aromatic carboxylic acids is 1. The summed E-state index contributed by atoms with van der Waals surface area (Å²) in [6, 6.07) is 2.92. The third-order valence-corrected chi connectivity index (χ3v) is 2.27. The van der Waals surface area contributed by atoms with Crippen LogP contribution in [-0.4, -0.2) is 47.9 Å². The number of ether oxygens (including phenoxy) is 1. The van der Waals surface area contributed by atoms with Crippen LogP contribution in [0.4, 0.5) is 10.5 Å². The van der Waals surface area contributed by atoms with Crippen LogP contribution in [0.3, 0.4) is 0 Å². The molecule has 1 aromatic rings. The first-order chi connectivity index (χ1) is 9.90. The fourth-order valence-electron chi connectivity index (χ4n) is 1.35. The molecule has 1 aromatic carbocycles. The Morgan fingerprint density at radius 2 is 2.00 bits per heavy atom. The van der Waals surface area contributed by atoms with Crippen LogP contribution in [0.15, 0.2) is 18.2 Å². The zero-order chi connectivity index (χ0) is 15.8. The van der Waals surface area contributed by atoms with Gasteiger partial charge < -0.3 is 31.3 Å². The second-order valence-corrected chi connectivity index (χ2v) is 3.94. The molecule has 21 heavy (non-hydrogen) atoms. The van der Waals surface area contributed by atoms with Crippen LogP contribution in [0.25, 0.3) is 0 Å². The normalized spacial score (nSPS) is 9.90. The maximum atomic E-state index is 11.5. The molecule has 0 fully saturated rings. The molecule has 0 atom stereocenters. The van der Waals surface area contributed by atoms with Crippen molar-refractivity contribution in [3.8, 4) is 5.75 Å². The molecule has 114 valence electrons. The first-order valence-corrected chi connectivity index (χ1v) is 5.87. The van der Waals surface area contributed by atoms with Crippen LogP contribution < -0.4 is 16.4 Å². The monoisotopic (exact) mass is 297 g/mol. The van der Waals surface area contributed by atoms with Crippen LogP contribution in [0.2, 0.25) is 0 Å². The molecule has 0 aromatic heterocycles. The Kier molecular flexibility index (Phi) is 5.96. The molecule has 0 aliphatic carbocycles. The minimum absolute atomic E-state index is 0.0653. The summed E-state index contributed by atoms with van der Waals surface area (Å²) in [5.74, 6) is -2.16. The number of primary amides is 1. The number of nitrogens with two attached hydrogens (primary N) is 1. The number of carboxylic acids is 1. The second kappa shape index (κ2) is 7.70.